The van der Waals surface area contributed by atoms with Gasteiger partial charge in [0, 0.05) is 6.42 Å². The van der Waals surface area contributed by atoms with Crippen LogP contribution in [0.2, 0.25) is 0 Å². The summed E-state index contributed by atoms with van der Waals surface area (Å²) in [7, 11) is 0. The third kappa shape index (κ3) is 0.730. The van der Waals surface area contributed by atoms with Crippen LogP contribution >= 0.6 is 0 Å². The molecule has 1 fully saturated rings. The van der Waals surface area contributed by atoms with Crippen LogP contribution in [0.4, 0.5) is 0 Å². The Hall–Kier alpha value is -0.450. The Morgan fingerprint density at radius 2 is 2.50 bits per heavy atom. The lowest BCUT2D eigenvalue weighted by molar-refractivity contribution is -0.813. The SMILES string of the molecule is O=C1CCC(O)[NH+]1[O-]. The van der Waals surface area contributed by atoms with Crippen LogP contribution in [0.3, 0.4) is 0 Å². The van der Waals surface area contributed by atoms with Crippen LogP contribution in [0.15, 0.2) is 0 Å². The van der Waals surface area contributed by atoms with E-state index in [1.165, 1.54) is 0 Å². The number of hydrogen-bond acceptors (Lipinski definition) is 3. The number of quaternary nitrogens is 1. The molecule has 1 aliphatic rings. The van der Waals surface area contributed by atoms with Gasteiger partial charge in [-0.05, 0) is 0 Å². The maximum atomic E-state index is 10.3. The Labute approximate surface area is 46.3 Å². The molecule has 1 heterocycles. The zero-order valence-corrected chi connectivity index (χ0v) is 4.26. The fourth-order valence-corrected chi connectivity index (χ4v) is 0.708. The molecule has 1 saturated heterocycles. The fraction of sp³-hybridized carbons (Fsp3) is 0.750. The number of amides is 1. The van der Waals surface area contributed by atoms with E-state index in [0.717, 1.165) is 0 Å². The third-order valence-corrected chi connectivity index (χ3v) is 1.22. The standard InChI is InChI=1S/C4H7NO3/c6-3-1-2-4(7)5(3)8/h3,5-6H,1-2H2. The zero-order valence-electron chi connectivity index (χ0n) is 4.26. The van der Waals surface area contributed by atoms with Crippen molar-refractivity contribution in [2.24, 2.45) is 0 Å². The second-order valence-electron chi connectivity index (χ2n) is 1.84. The maximum Gasteiger partial charge on any atom is 0.314 e. The molecule has 1 rings (SSSR count). The Kier molecular flexibility index (Phi) is 1.29. The number of aliphatic hydroxyl groups excluding tert-OH is 1. The van der Waals surface area contributed by atoms with Crippen molar-refractivity contribution in [3.63, 3.8) is 0 Å². The highest BCUT2D eigenvalue weighted by molar-refractivity contribution is 5.68. The monoisotopic (exact) mass is 117 g/mol. The van der Waals surface area contributed by atoms with Crippen molar-refractivity contribution in [2.75, 3.05) is 0 Å². The van der Waals surface area contributed by atoms with Gasteiger partial charge in [0.05, 0.1) is 6.42 Å². The first-order chi connectivity index (χ1) is 3.72. The largest absolute Gasteiger partial charge is 0.625 e. The molecule has 0 aromatic rings. The molecule has 1 amide bonds. The fourth-order valence-electron chi connectivity index (χ4n) is 0.708. The van der Waals surface area contributed by atoms with Gasteiger partial charge in [-0.3, -0.25) is 5.06 Å². The van der Waals surface area contributed by atoms with E-state index in [2.05, 4.69) is 0 Å². The lowest BCUT2D eigenvalue weighted by atomic mass is 10.4. The lowest BCUT2D eigenvalue weighted by Gasteiger charge is -2.15. The van der Waals surface area contributed by atoms with Crippen molar-refractivity contribution in [1.82, 2.24) is 0 Å². The van der Waals surface area contributed by atoms with Crippen molar-refractivity contribution in [2.45, 2.75) is 19.1 Å². The molecule has 2 N–H and O–H groups in total. The molecule has 0 aromatic heterocycles. The quantitative estimate of drug-likeness (QED) is 0.361. The first kappa shape index (κ1) is 5.68. The Bertz CT molecular complexity index is 114. The van der Waals surface area contributed by atoms with Crippen molar-refractivity contribution < 1.29 is 15.0 Å². The number of carbonyl (C=O) groups is 1. The minimum absolute atomic E-state index is 0.222. The zero-order chi connectivity index (χ0) is 6.15. The normalized spacial score (nSPS) is 38.5. The highest BCUT2D eigenvalue weighted by atomic mass is 16.5. The van der Waals surface area contributed by atoms with Crippen molar-refractivity contribution in [1.29, 1.82) is 0 Å². The lowest BCUT2D eigenvalue weighted by Crippen LogP contribution is -3.11. The summed E-state index contributed by atoms with van der Waals surface area (Å²) in [6.45, 7) is 0. The van der Waals surface area contributed by atoms with Gasteiger partial charge in [0.25, 0.3) is 0 Å². The van der Waals surface area contributed by atoms with Crippen molar-refractivity contribution in [3.8, 4) is 0 Å². The van der Waals surface area contributed by atoms with Crippen molar-refractivity contribution in [3.05, 3.63) is 5.21 Å². The van der Waals surface area contributed by atoms with Gasteiger partial charge in [-0.15, -0.1) is 0 Å². The van der Waals surface area contributed by atoms with Gasteiger partial charge in [-0.2, -0.15) is 0 Å². The molecule has 0 radical (unpaired) electrons. The summed E-state index contributed by atoms with van der Waals surface area (Å²) < 4.78 is 0. The summed E-state index contributed by atoms with van der Waals surface area (Å²) in [6.07, 6.45) is -0.458. The Balaban J connectivity index is 2.56. The number of carbonyl (C=O) groups excluding carboxylic acids is 1. The Morgan fingerprint density at radius 3 is 2.62 bits per heavy atom. The van der Waals surface area contributed by atoms with Gasteiger partial charge in [0.15, 0.2) is 6.23 Å². The van der Waals surface area contributed by atoms with E-state index in [-0.39, 0.29) is 6.42 Å². The van der Waals surface area contributed by atoms with Gasteiger partial charge in [0.2, 0.25) is 0 Å². The third-order valence-electron chi connectivity index (χ3n) is 1.22. The smallest absolute Gasteiger partial charge is 0.314 e. The summed E-state index contributed by atoms with van der Waals surface area (Å²) in [4.78, 5) is 10.3. The Morgan fingerprint density at radius 1 is 1.88 bits per heavy atom. The minimum Gasteiger partial charge on any atom is -0.625 e. The summed E-state index contributed by atoms with van der Waals surface area (Å²) in [5.41, 5.74) is 0. The highest BCUT2D eigenvalue weighted by Crippen LogP contribution is 1.95. The molecular weight excluding hydrogens is 110 g/mol. The van der Waals surface area contributed by atoms with Crippen LogP contribution in [-0.2, 0) is 4.79 Å². The molecule has 1 aliphatic heterocycles. The molecule has 0 spiro atoms. The first-order valence-electron chi connectivity index (χ1n) is 2.47. The molecule has 4 heteroatoms. The van der Waals surface area contributed by atoms with E-state index in [1.807, 2.05) is 0 Å². The summed E-state index contributed by atoms with van der Waals surface area (Å²) in [5.74, 6) is -0.433. The second-order valence-corrected chi connectivity index (χ2v) is 1.84. The van der Waals surface area contributed by atoms with Crippen molar-refractivity contribution >= 4 is 5.91 Å². The average molecular weight is 117 g/mol. The van der Waals surface area contributed by atoms with Crippen LogP contribution in [0, 0.1) is 5.21 Å². The first-order valence-corrected chi connectivity index (χ1v) is 2.47. The average Bonchev–Trinajstić information content (AvgIpc) is 1.98. The van der Waals surface area contributed by atoms with Gasteiger partial charge < -0.3 is 10.3 Å². The predicted molar refractivity (Wildman–Crippen MR) is 24.6 cm³/mol. The van der Waals surface area contributed by atoms with Gasteiger partial charge in [-0.1, -0.05) is 0 Å². The molecule has 8 heavy (non-hydrogen) atoms. The molecule has 0 bridgehead atoms. The maximum absolute atomic E-state index is 10.3. The van der Waals surface area contributed by atoms with Gasteiger partial charge in [-0.25, -0.2) is 4.79 Å². The van der Waals surface area contributed by atoms with E-state index in [1.54, 1.807) is 0 Å². The van der Waals surface area contributed by atoms with E-state index in [9.17, 15) is 10.0 Å². The summed E-state index contributed by atoms with van der Waals surface area (Å²) >= 11 is 0. The van der Waals surface area contributed by atoms with E-state index in [0.29, 0.717) is 6.42 Å². The van der Waals surface area contributed by atoms with Crippen LogP contribution in [0.1, 0.15) is 12.8 Å². The van der Waals surface area contributed by atoms with E-state index < -0.39 is 17.2 Å². The van der Waals surface area contributed by atoms with Crippen LogP contribution in [0.25, 0.3) is 0 Å². The predicted octanol–water partition coefficient (Wildman–Crippen LogP) is -1.99. The van der Waals surface area contributed by atoms with E-state index >= 15 is 0 Å². The molecule has 0 saturated carbocycles. The number of hydrogen-bond donors (Lipinski definition) is 2. The molecular formula is C4H7NO3. The topological polar surface area (TPSA) is 64.8 Å². The molecule has 46 valence electrons. The van der Waals surface area contributed by atoms with Crippen LogP contribution in [0.5, 0.6) is 0 Å². The highest BCUT2D eigenvalue weighted by Gasteiger charge is 2.28. The van der Waals surface area contributed by atoms with Crippen LogP contribution in [-0.4, -0.2) is 17.2 Å². The molecule has 2 atom stereocenters. The number of rotatable bonds is 0. The van der Waals surface area contributed by atoms with Crippen LogP contribution < -0.4 is 5.06 Å². The second kappa shape index (κ2) is 1.81. The molecule has 0 aliphatic carbocycles. The summed E-state index contributed by atoms with van der Waals surface area (Å²) in [6, 6.07) is 0. The molecule has 4 nitrogen and oxygen atoms in total. The van der Waals surface area contributed by atoms with Gasteiger partial charge >= 0.3 is 5.91 Å². The minimum atomic E-state index is -0.998. The van der Waals surface area contributed by atoms with Gasteiger partial charge in [0.1, 0.15) is 0 Å². The molecule has 0 aromatic carbocycles. The molecule has 2 unspecified atom stereocenters. The number of aliphatic hydroxyl groups is 1. The summed E-state index contributed by atoms with van der Waals surface area (Å²) in [5, 5.41) is 18.3. The number of hydroxylamine groups is 2. The van der Waals surface area contributed by atoms with E-state index in [4.69, 9.17) is 5.11 Å². The number of nitrogens with one attached hydrogen (secondary N) is 1.